The second kappa shape index (κ2) is 26.3. The van der Waals surface area contributed by atoms with Gasteiger partial charge in [-0.25, -0.2) is 0 Å². The smallest absolute Gasteiger partial charge is 0.144 e. The lowest BCUT2D eigenvalue weighted by Crippen LogP contribution is -2.39. The second-order valence-corrected chi connectivity index (χ2v) is 25.1. The van der Waals surface area contributed by atoms with E-state index in [1.54, 1.807) is 0 Å². The summed E-state index contributed by atoms with van der Waals surface area (Å²) in [5.74, 6) is 3.51. The number of fused-ring (bicyclic) bond motifs is 8. The monoisotopic (exact) mass is 1100 g/mol. The number of aryl methyl sites for hydroxylation is 1. The van der Waals surface area contributed by atoms with Crippen molar-refractivity contribution in [2.24, 2.45) is 0 Å². The van der Waals surface area contributed by atoms with Crippen LogP contribution in [0.4, 0.5) is 0 Å². The van der Waals surface area contributed by atoms with Crippen molar-refractivity contribution in [1.82, 2.24) is 0 Å². The fourth-order valence-corrected chi connectivity index (χ4v) is 16.2. The first-order valence-electron chi connectivity index (χ1n) is 29.3. The zero-order valence-electron chi connectivity index (χ0n) is 47.3. The van der Waals surface area contributed by atoms with Crippen molar-refractivity contribution in [2.45, 2.75) is 78.3 Å². The van der Waals surface area contributed by atoms with Crippen molar-refractivity contribution in [1.29, 1.82) is 0 Å². The summed E-state index contributed by atoms with van der Waals surface area (Å²) in [7, 11) is -2.67. The van der Waals surface area contributed by atoms with E-state index in [0.29, 0.717) is 52.1 Å². The first-order chi connectivity index (χ1) is 41.1. The molecule has 4 nitrogen and oxygen atoms in total. The molecule has 0 fully saturated rings. The van der Waals surface area contributed by atoms with Crippen molar-refractivity contribution >= 4 is 28.5 Å². The SMILES string of the molecule is CCCCc1ccc([P+](c2ccccc2)(c2ccccc2)c2cc3c(OCc4ccccc4)c(c2)Cc2cccc(c2OCc2ccccc2)Cc2cccc(c2OCc2ccccc2)Cc2cccc(c2OCc2ccccc2)C3)cc1. The number of unbranched alkanes of at least 4 members (excludes halogenated alkanes) is 1. The first kappa shape index (κ1) is 54.6. The number of hydrogen-bond donors (Lipinski definition) is 0. The van der Waals surface area contributed by atoms with Crippen LogP contribution in [0.25, 0.3) is 0 Å². The summed E-state index contributed by atoms with van der Waals surface area (Å²) in [6.45, 7) is 3.92. The lowest BCUT2D eigenvalue weighted by molar-refractivity contribution is 0.293. The molecule has 1 aliphatic rings. The molecule has 12 rings (SSSR count). The van der Waals surface area contributed by atoms with Gasteiger partial charge in [0, 0.05) is 36.8 Å². The molecular formula is C78H70O4P+. The summed E-state index contributed by atoms with van der Waals surface area (Å²) in [5, 5.41) is 5.15. The minimum Gasteiger partial charge on any atom is -0.488 e. The maximum Gasteiger partial charge on any atom is 0.144 e. The average Bonchev–Trinajstić information content (AvgIpc) is 3.52. The van der Waals surface area contributed by atoms with Crippen LogP contribution in [0.5, 0.6) is 23.0 Å². The van der Waals surface area contributed by atoms with E-state index >= 15 is 0 Å². The maximum atomic E-state index is 7.45. The van der Waals surface area contributed by atoms with Crippen LogP contribution in [0, 0.1) is 0 Å². The van der Waals surface area contributed by atoms with E-state index in [-0.39, 0.29) is 0 Å². The Morgan fingerprint density at radius 1 is 0.265 bits per heavy atom. The lowest BCUT2D eigenvalue weighted by atomic mass is 9.91. The summed E-state index contributed by atoms with van der Waals surface area (Å²) in [4.78, 5) is 0. The summed E-state index contributed by atoms with van der Waals surface area (Å²) in [6, 6.07) is 99.3. The Labute approximate surface area is 491 Å². The highest BCUT2D eigenvalue weighted by atomic mass is 31.2. The number of rotatable bonds is 19. The Hall–Kier alpha value is -8.95. The molecule has 5 heteroatoms. The van der Waals surface area contributed by atoms with Gasteiger partial charge < -0.3 is 18.9 Å². The van der Waals surface area contributed by atoms with E-state index in [4.69, 9.17) is 18.9 Å². The van der Waals surface area contributed by atoms with Crippen LogP contribution in [0.3, 0.4) is 0 Å². The van der Waals surface area contributed by atoms with Crippen molar-refractivity contribution in [3.8, 4) is 23.0 Å². The van der Waals surface area contributed by atoms with Crippen molar-refractivity contribution in [3.63, 3.8) is 0 Å². The molecule has 0 amide bonds. The Morgan fingerprint density at radius 3 is 0.855 bits per heavy atom. The van der Waals surface area contributed by atoms with Crippen LogP contribution in [0.2, 0.25) is 0 Å². The molecule has 0 spiro atoms. The van der Waals surface area contributed by atoms with Crippen LogP contribution < -0.4 is 40.2 Å². The molecule has 0 saturated carbocycles. The summed E-state index contributed by atoms with van der Waals surface area (Å²) in [5.41, 5.74) is 14.5. The van der Waals surface area contributed by atoms with E-state index in [1.165, 1.54) is 26.8 Å². The quantitative estimate of drug-likeness (QED) is 0.0756. The molecule has 0 radical (unpaired) electrons. The van der Waals surface area contributed by atoms with Gasteiger partial charge in [-0.15, -0.1) is 0 Å². The zero-order chi connectivity index (χ0) is 56.1. The predicted octanol–water partition coefficient (Wildman–Crippen LogP) is 16.6. The Kier molecular flexibility index (Phi) is 17.3. The Bertz CT molecular complexity index is 3690. The molecule has 0 saturated heterocycles. The van der Waals surface area contributed by atoms with Gasteiger partial charge in [0.1, 0.15) is 77.9 Å². The van der Waals surface area contributed by atoms with E-state index in [1.807, 2.05) is 0 Å². The number of ether oxygens (including phenoxy) is 4. The molecule has 0 unspecified atom stereocenters. The van der Waals surface area contributed by atoms with Gasteiger partial charge in [0.15, 0.2) is 0 Å². The van der Waals surface area contributed by atoms with Crippen LogP contribution >= 0.6 is 7.26 Å². The van der Waals surface area contributed by atoms with Gasteiger partial charge in [0.05, 0.1) is 0 Å². The molecule has 11 aromatic rings. The second-order valence-electron chi connectivity index (χ2n) is 21.7. The molecule has 0 heterocycles. The largest absolute Gasteiger partial charge is 0.488 e. The molecule has 410 valence electrons. The van der Waals surface area contributed by atoms with Gasteiger partial charge in [-0.1, -0.05) is 238 Å². The minimum absolute atomic E-state index is 0.395. The number of hydrogen-bond acceptors (Lipinski definition) is 4. The molecule has 0 atom stereocenters. The fourth-order valence-electron chi connectivity index (χ4n) is 11.9. The van der Waals surface area contributed by atoms with Crippen molar-refractivity contribution in [2.75, 3.05) is 0 Å². The average molecular weight is 1100 g/mol. The highest BCUT2D eigenvalue weighted by Gasteiger charge is 2.48. The number of benzene rings is 11. The summed E-state index contributed by atoms with van der Waals surface area (Å²) >= 11 is 0. The zero-order valence-corrected chi connectivity index (χ0v) is 48.2. The minimum atomic E-state index is -2.67. The lowest BCUT2D eigenvalue weighted by Gasteiger charge is -2.30. The van der Waals surface area contributed by atoms with Gasteiger partial charge in [-0.05, 0) is 123 Å². The molecule has 83 heavy (non-hydrogen) atoms. The number of para-hydroxylation sites is 3. The van der Waals surface area contributed by atoms with Gasteiger partial charge in [-0.2, -0.15) is 0 Å². The van der Waals surface area contributed by atoms with Crippen LogP contribution in [0.1, 0.15) is 92.1 Å². The third kappa shape index (κ3) is 12.6. The highest BCUT2D eigenvalue weighted by Crippen LogP contribution is 2.55. The molecule has 0 aromatic heterocycles. The van der Waals surface area contributed by atoms with E-state index in [9.17, 15) is 0 Å². The van der Waals surface area contributed by atoms with Crippen molar-refractivity contribution < 1.29 is 18.9 Å². The Balaban J connectivity index is 1.13. The Morgan fingerprint density at radius 2 is 0.542 bits per heavy atom. The van der Waals surface area contributed by atoms with Gasteiger partial charge in [0.2, 0.25) is 0 Å². The summed E-state index contributed by atoms with van der Waals surface area (Å²) < 4.78 is 29.0. The predicted molar refractivity (Wildman–Crippen MR) is 343 cm³/mol. The molecule has 0 N–H and O–H groups in total. The van der Waals surface area contributed by atoms with Gasteiger partial charge in [0.25, 0.3) is 0 Å². The highest BCUT2D eigenvalue weighted by molar-refractivity contribution is 8.01. The van der Waals surface area contributed by atoms with Crippen molar-refractivity contribution in [3.05, 3.63) is 345 Å². The first-order valence-corrected chi connectivity index (χ1v) is 31.1. The van der Waals surface area contributed by atoms with Crippen LogP contribution in [-0.4, -0.2) is 0 Å². The maximum absolute atomic E-state index is 7.45. The van der Waals surface area contributed by atoms with E-state index in [2.05, 4.69) is 280 Å². The van der Waals surface area contributed by atoms with Gasteiger partial charge in [-0.3, -0.25) is 0 Å². The molecule has 0 aliphatic heterocycles. The van der Waals surface area contributed by atoms with Crippen LogP contribution in [-0.2, 0) is 58.5 Å². The fraction of sp³-hybridized carbons (Fsp3) is 0.154. The molecular weight excluding hydrogens is 1030 g/mol. The van der Waals surface area contributed by atoms with E-state index < -0.39 is 7.26 Å². The molecule has 11 aromatic carbocycles. The molecule has 8 bridgehead atoms. The molecule has 1 aliphatic carbocycles. The van der Waals surface area contributed by atoms with Crippen LogP contribution in [0.15, 0.2) is 273 Å². The van der Waals surface area contributed by atoms with E-state index in [0.717, 1.165) is 109 Å². The normalized spacial score (nSPS) is 12.1. The standard InChI is InChI=1S/C78H70O4P/c1-2-3-25-58-44-46-73(47-45-58)83(71-40-18-8-19-41-71,72-42-20-9-21-43-72)74-52-69-50-67-38-23-36-65(76(67)80-55-60-28-12-5-13-29-60)48-63-34-22-35-64(75(63)79-54-59-26-10-4-11-27-59)49-66-37-24-39-68(77(66)81-56-61-30-14-6-15-31-61)51-70(53-74)78(69)82-57-62-32-16-7-17-33-62/h4-24,26-47,52-53H,2-3,25,48-51,54-57H2,1H3/q+1. The third-order valence-corrected chi connectivity index (χ3v) is 20.3. The van der Waals surface area contributed by atoms with Gasteiger partial charge >= 0.3 is 0 Å². The topological polar surface area (TPSA) is 36.9 Å². The third-order valence-electron chi connectivity index (χ3n) is 16.0. The summed E-state index contributed by atoms with van der Waals surface area (Å²) in [6.07, 6.45) is 5.60.